The number of hydrogen-bond acceptors (Lipinski definition) is 3. The predicted molar refractivity (Wildman–Crippen MR) is 87.0 cm³/mol. The van der Waals surface area contributed by atoms with Crippen molar-refractivity contribution in [2.24, 2.45) is 0 Å². The summed E-state index contributed by atoms with van der Waals surface area (Å²) in [6.45, 7) is 8.66. The Kier molecular flexibility index (Phi) is 5.64. The van der Waals surface area contributed by atoms with Crippen molar-refractivity contribution in [2.75, 3.05) is 27.2 Å². The summed E-state index contributed by atoms with van der Waals surface area (Å²) in [7, 11) is 4.33. The van der Waals surface area contributed by atoms with Crippen LogP contribution in [0.3, 0.4) is 0 Å². The number of nitrogens with zero attached hydrogens (tertiary/aromatic N) is 4. The van der Waals surface area contributed by atoms with E-state index in [0.29, 0.717) is 6.04 Å². The summed E-state index contributed by atoms with van der Waals surface area (Å²) in [5.74, 6) is 0. The van der Waals surface area contributed by atoms with E-state index in [1.54, 1.807) is 0 Å². The molecule has 2 heterocycles. The molecule has 1 fully saturated rings. The molecule has 0 amide bonds. The van der Waals surface area contributed by atoms with Gasteiger partial charge in [0.1, 0.15) is 0 Å². The Hall–Kier alpha value is -0.390. The molecule has 114 valence electrons. The fourth-order valence-corrected chi connectivity index (χ4v) is 3.78. The van der Waals surface area contributed by atoms with Crippen LogP contribution >= 0.6 is 15.9 Å². The Morgan fingerprint density at radius 3 is 2.70 bits per heavy atom. The Labute approximate surface area is 131 Å². The molecule has 0 saturated carbocycles. The van der Waals surface area contributed by atoms with Crippen LogP contribution in [0.5, 0.6) is 0 Å². The highest BCUT2D eigenvalue weighted by molar-refractivity contribution is 9.10. The molecule has 5 heteroatoms. The van der Waals surface area contributed by atoms with Crippen LogP contribution in [0.2, 0.25) is 0 Å². The minimum Gasteiger partial charge on any atom is -0.308 e. The number of halogens is 1. The Morgan fingerprint density at radius 1 is 1.35 bits per heavy atom. The van der Waals surface area contributed by atoms with Gasteiger partial charge >= 0.3 is 0 Å². The van der Waals surface area contributed by atoms with Crippen molar-refractivity contribution in [3.8, 4) is 0 Å². The van der Waals surface area contributed by atoms with Gasteiger partial charge in [0.15, 0.2) is 0 Å². The van der Waals surface area contributed by atoms with Crippen LogP contribution < -0.4 is 0 Å². The van der Waals surface area contributed by atoms with Gasteiger partial charge < -0.3 is 4.90 Å². The SMILES string of the molecule is CCc1nn(CC)c(CN2CCCC2CN(C)C)c1Br. The third-order valence-corrected chi connectivity index (χ3v) is 5.04. The zero-order chi connectivity index (χ0) is 14.7. The van der Waals surface area contributed by atoms with Crippen LogP contribution in [0.25, 0.3) is 0 Å². The van der Waals surface area contributed by atoms with E-state index in [1.165, 1.54) is 35.2 Å². The van der Waals surface area contributed by atoms with Crippen molar-refractivity contribution < 1.29 is 0 Å². The minimum absolute atomic E-state index is 0.683. The van der Waals surface area contributed by atoms with Gasteiger partial charge in [0.2, 0.25) is 0 Å². The van der Waals surface area contributed by atoms with Gasteiger partial charge in [-0.25, -0.2) is 0 Å². The van der Waals surface area contributed by atoms with Crippen molar-refractivity contribution >= 4 is 15.9 Å². The number of aryl methyl sites for hydroxylation is 2. The highest BCUT2D eigenvalue weighted by atomic mass is 79.9. The smallest absolute Gasteiger partial charge is 0.0767 e. The Balaban J connectivity index is 2.14. The fraction of sp³-hybridized carbons (Fsp3) is 0.800. The number of aromatic nitrogens is 2. The lowest BCUT2D eigenvalue weighted by molar-refractivity contribution is 0.196. The first-order chi connectivity index (χ1) is 9.56. The van der Waals surface area contributed by atoms with Crippen molar-refractivity contribution in [3.05, 3.63) is 15.9 Å². The fourth-order valence-electron chi connectivity index (χ4n) is 3.09. The second kappa shape index (κ2) is 7.05. The van der Waals surface area contributed by atoms with E-state index in [0.717, 1.165) is 26.1 Å². The number of likely N-dealkylation sites (N-methyl/N-ethyl adjacent to an activating group) is 1. The zero-order valence-electron chi connectivity index (χ0n) is 13.2. The molecule has 1 unspecified atom stereocenters. The first-order valence-electron chi connectivity index (χ1n) is 7.69. The summed E-state index contributed by atoms with van der Waals surface area (Å²) in [5, 5.41) is 4.71. The number of rotatable bonds is 6. The van der Waals surface area contributed by atoms with Gasteiger partial charge in [-0.3, -0.25) is 9.58 Å². The molecular formula is C15H27BrN4. The number of likely N-dealkylation sites (tertiary alicyclic amines) is 1. The van der Waals surface area contributed by atoms with Crippen LogP contribution in [-0.4, -0.2) is 52.8 Å². The van der Waals surface area contributed by atoms with Gasteiger partial charge in [0, 0.05) is 25.7 Å². The molecule has 0 radical (unpaired) electrons. The van der Waals surface area contributed by atoms with Crippen molar-refractivity contribution in [3.63, 3.8) is 0 Å². The lowest BCUT2D eigenvalue weighted by Crippen LogP contribution is -2.37. The largest absolute Gasteiger partial charge is 0.308 e. The molecule has 4 nitrogen and oxygen atoms in total. The molecule has 20 heavy (non-hydrogen) atoms. The normalized spacial score (nSPS) is 20.2. The van der Waals surface area contributed by atoms with Crippen LogP contribution in [0.4, 0.5) is 0 Å². The summed E-state index contributed by atoms with van der Waals surface area (Å²) < 4.78 is 3.38. The first-order valence-corrected chi connectivity index (χ1v) is 8.48. The molecule has 1 aromatic heterocycles. The highest BCUT2D eigenvalue weighted by Crippen LogP contribution is 2.27. The van der Waals surface area contributed by atoms with Crippen molar-refractivity contribution in [1.82, 2.24) is 19.6 Å². The van der Waals surface area contributed by atoms with Crippen LogP contribution in [0.1, 0.15) is 38.1 Å². The second-order valence-electron chi connectivity index (χ2n) is 5.91. The molecule has 2 rings (SSSR count). The van der Waals surface area contributed by atoms with Crippen LogP contribution in [0, 0.1) is 0 Å². The molecule has 0 spiro atoms. The maximum atomic E-state index is 4.71. The Bertz CT molecular complexity index is 441. The Morgan fingerprint density at radius 2 is 2.10 bits per heavy atom. The summed E-state index contributed by atoms with van der Waals surface area (Å²) in [6, 6.07) is 0.683. The second-order valence-corrected chi connectivity index (χ2v) is 6.70. The summed E-state index contributed by atoms with van der Waals surface area (Å²) in [4.78, 5) is 4.92. The monoisotopic (exact) mass is 342 g/mol. The molecule has 0 aliphatic carbocycles. The van der Waals surface area contributed by atoms with Gasteiger partial charge in [0.25, 0.3) is 0 Å². The first kappa shape index (κ1) is 16.0. The summed E-state index contributed by atoms with van der Waals surface area (Å²) in [6.07, 6.45) is 3.62. The summed E-state index contributed by atoms with van der Waals surface area (Å²) in [5.41, 5.74) is 2.53. The molecular weight excluding hydrogens is 316 g/mol. The average Bonchev–Trinajstić information content (AvgIpc) is 2.96. The van der Waals surface area contributed by atoms with Crippen molar-refractivity contribution in [2.45, 2.75) is 52.2 Å². The maximum Gasteiger partial charge on any atom is 0.0767 e. The minimum atomic E-state index is 0.683. The van der Waals surface area contributed by atoms with E-state index in [9.17, 15) is 0 Å². The van der Waals surface area contributed by atoms with Gasteiger partial charge in [-0.05, 0) is 62.8 Å². The van der Waals surface area contributed by atoms with Crippen molar-refractivity contribution in [1.29, 1.82) is 0 Å². The summed E-state index contributed by atoms with van der Waals surface area (Å²) >= 11 is 3.76. The third kappa shape index (κ3) is 3.43. The molecule has 1 aromatic rings. The third-order valence-electron chi connectivity index (χ3n) is 4.12. The quantitative estimate of drug-likeness (QED) is 0.794. The van der Waals surface area contributed by atoms with E-state index >= 15 is 0 Å². The van der Waals surface area contributed by atoms with Gasteiger partial charge in [-0.15, -0.1) is 0 Å². The van der Waals surface area contributed by atoms with E-state index < -0.39 is 0 Å². The predicted octanol–water partition coefficient (Wildman–Crippen LogP) is 2.75. The lowest BCUT2D eigenvalue weighted by Gasteiger charge is -2.27. The molecule has 0 N–H and O–H groups in total. The maximum absolute atomic E-state index is 4.71. The van der Waals surface area contributed by atoms with Crippen LogP contribution in [-0.2, 0) is 19.5 Å². The lowest BCUT2D eigenvalue weighted by atomic mass is 10.2. The van der Waals surface area contributed by atoms with Crippen LogP contribution in [0.15, 0.2) is 4.47 Å². The molecule has 1 atom stereocenters. The van der Waals surface area contributed by atoms with E-state index in [1.807, 2.05) is 0 Å². The molecule has 0 aromatic carbocycles. The van der Waals surface area contributed by atoms with Gasteiger partial charge in [0.05, 0.1) is 15.9 Å². The number of hydrogen-bond donors (Lipinski definition) is 0. The topological polar surface area (TPSA) is 24.3 Å². The highest BCUT2D eigenvalue weighted by Gasteiger charge is 2.27. The van der Waals surface area contributed by atoms with Gasteiger partial charge in [-0.1, -0.05) is 6.92 Å². The van der Waals surface area contributed by atoms with E-state index in [4.69, 9.17) is 5.10 Å². The molecule has 0 bridgehead atoms. The van der Waals surface area contributed by atoms with Gasteiger partial charge in [-0.2, -0.15) is 5.10 Å². The zero-order valence-corrected chi connectivity index (χ0v) is 14.8. The molecule has 1 aliphatic rings. The molecule has 1 aliphatic heterocycles. The van der Waals surface area contributed by atoms with E-state index in [2.05, 4.69) is 58.4 Å². The van der Waals surface area contributed by atoms with E-state index in [-0.39, 0.29) is 0 Å². The average molecular weight is 343 g/mol. The molecule has 1 saturated heterocycles. The standard InChI is InChI=1S/C15H27BrN4/c1-5-13-15(16)14(20(6-2)17-13)11-19-9-7-8-12(19)10-18(3)4/h12H,5-11H2,1-4H3.